The fraction of sp³-hybridized carbons (Fsp3) is 0.556. The van der Waals surface area contributed by atoms with Crippen molar-refractivity contribution < 1.29 is 9.47 Å². The van der Waals surface area contributed by atoms with Crippen LogP contribution in [0.2, 0.25) is 0 Å². The van der Waals surface area contributed by atoms with Gasteiger partial charge >= 0.3 is 0 Å². The highest BCUT2D eigenvalue weighted by Gasteiger charge is 2.24. The average molecular weight is 152 g/mol. The number of hydrogen-bond acceptors (Lipinski definition) is 2. The maximum atomic E-state index is 5.34. The van der Waals surface area contributed by atoms with Gasteiger partial charge in [0.1, 0.15) is 0 Å². The molecule has 0 atom stereocenters. The van der Waals surface area contributed by atoms with E-state index in [9.17, 15) is 0 Å². The molecule has 0 N–H and O–H groups in total. The van der Waals surface area contributed by atoms with E-state index < -0.39 is 0 Å². The minimum atomic E-state index is 0.402. The molecule has 2 nitrogen and oxygen atoms in total. The van der Waals surface area contributed by atoms with Gasteiger partial charge in [0.15, 0.2) is 11.5 Å². The molecule has 0 saturated carbocycles. The van der Waals surface area contributed by atoms with Crippen LogP contribution in [-0.4, -0.2) is 6.79 Å². The Hall–Kier alpha value is -0.920. The van der Waals surface area contributed by atoms with Gasteiger partial charge in [0.25, 0.3) is 0 Å². The first-order valence-electron chi connectivity index (χ1n) is 3.94. The van der Waals surface area contributed by atoms with Gasteiger partial charge in [-0.1, -0.05) is 0 Å². The normalized spacial score (nSPS) is 23.1. The van der Waals surface area contributed by atoms with E-state index in [0.717, 1.165) is 24.4 Å². The zero-order chi connectivity index (χ0) is 7.84. The molecule has 11 heavy (non-hydrogen) atoms. The van der Waals surface area contributed by atoms with Gasteiger partial charge in [-0.25, -0.2) is 0 Å². The molecule has 1 heterocycles. The Morgan fingerprint density at radius 3 is 1.82 bits per heavy atom. The lowest BCUT2D eigenvalue weighted by atomic mass is 9.98. The minimum absolute atomic E-state index is 0.402. The van der Waals surface area contributed by atoms with E-state index in [4.69, 9.17) is 9.47 Å². The van der Waals surface area contributed by atoms with E-state index in [1.165, 1.54) is 11.1 Å². The molecule has 0 aromatic heterocycles. The highest BCUT2D eigenvalue weighted by Crippen LogP contribution is 2.34. The Morgan fingerprint density at radius 1 is 0.909 bits per heavy atom. The lowest BCUT2D eigenvalue weighted by Crippen LogP contribution is -1.99. The maximum Gasteiger partial charge on any atom is 0.231 e. The fourth-order valence-electron chi connectivity index (χ4n) is 1.51. The molecule has 1 saturated heterocycles. The van der Waals surface area contributed by atoms with E-state index in [1.54, 1.807) is 0 Å². The topological polar surface area (TPSA) is 18.5 Å². The van der Waals surface area contributed by atoms with Crippen molar-refractivity contribution in [1.82, 2.24) is 0 Å². The molecule has 0 bridgehead atoms. The molecule has 0 aromatic carbocycles. The summed E-state index contributed by atoms with van der Waals surface area (Å²) in [5.74, 6) is 1.99. The number of rotatable bonds is 0. The SMILES string of the molecule is CC1=C2OCOC2=C(C)CC1. The van der Waals surface area contributed by atoms with Crippen LogP contribution in [0.1, 0.15) is 26.7 Å². The van der Waals surface area contributed by atoms with Crippen molar-refractivity contribution in [3.8, 4) is 0 Å². The monoisotopic (exact) mass is 152 g/mol. The Balaban J connectivity index is 2.45. The van der Waals surface area contributed by atoms with Crippen molar-refractivity contribution in [2.45, 2.75) is 26.7 Å². The van der Waals surface area contributed by atoms with E-state index in [1.807, 2.05) is 0 Å². The number of fused-ring (bicyclic) bond motifs is 1. The first-order chi connectivity index (χ1) is 5.29. The van der Waals surface area contributed by atoms with Gasteiger partial charge in [0, 0.05) is 0 Å². The van der Waals surface area contributed by atoms with E-state index in [2.05, 4.69) is 13.8 Å². The van der Waals surface area contributed by atoms with Gasteiger partial charge in [-0.3, -0.25) is 0 Å². The summed E-state index contributed by atoms with van der Waals surface area (Å²) >= 11 is 0. The van der Waals surface area contributed by atoms with Crippen LogP contribution < -0.4 is 0 Å². The molecule has 0 aromatic rings. The molecule has 1 aliphatic heterocycles. The highest BCUT2D eigenvalue weighted by molar-refractivity contribution is 5.34. The Morgan fingerprint density at radius 2 is 1.36 bits per heavy atom. The largest absolute Gasteiger partial charge is 0.454 e. The molecule has 2 rings (SSSR count). The lowest BCUT2D eigenvalue weighted by molar-refractivity contribution is 0.0967. The van der Waals surface area contributed by atoms with Crippen molar-refractivity contribution in [3.05, 3.63) is 22.7 Å². The summed E-state index contributed by atoms with van der Waals surface area (Å²) in [5.41, 5.74) is 2.64. The van der Waals surface area contributed by atoms with Gasteiger partial charge in [0.05, 0.1) is 0 Å². The molecule has 1 aliphatic carbocycles. The second-order valence-corrected chi connectivity index (χ2v) is 3.13. The van der Waals surface area contributed by atoms with Crippen LogP contribution in [0, 0.1) is 0 Å². The minimum Gasteiger partial charge on any atom is -0.454 e. The summed E-state index contributed by atoms with van der Waals surface area (Å²) in [4.78, 5) is 0. The zero-order valence-electron chi connectivity index (χ0n) is 6.94. The Kier molecular flexibility index (Phi) is 1.41. The highest BCUT2D eigenvalue weighted by atomic mass is 16.7. The molecule has 60 valence electrons. The van der Waals surface area contributed by atoms with Crippen LogP contribution in [0.5, 0.6) is 0 Å². The molecule has 1 fully saturated rings. The van der Waals surface area contributed by atoms with Crippen molar-refractivity contribution in [2.24, 2.45) is 0 Å². The average Bonchev–Trinajstić information content (AvgIpc) is 2.45. The number of allylic oxidation sites excluding steroid dienone is 2. The van der Waals surface area contributed by atoms with Crippen molar-refractivity contribution in [1.29, 1.82) is 0 Å². The number of hydrogen-bond donors (Lipinski definition) is 0. The molecular formula is C9H12O2. The first kappa shape index (κ1) is 6.77. The van der Waals surface area contributed by atoms with Crippen LogP contribution >= 0.6 is 0 Å². The van der Waals surface area contributed by atoms with E-state index in [0.29, 0.717) is 6.79 Å². The van der Waals surface area contributed by atoms with Crippen molar-refractivity contribution in [3.63, 3.8) is 0 Å². The molecule has 2 aliphatic rings. The molecule has 0 radical (unpaired) electrons. The molecule has 2 heteroatoms. The molecular weight excluding hydrogens is 140 g/mol. The Labute approximate surface area is 66.5 Å². The third-order valence-corrected chi connectivity index (χ3v) is 2.26. The third kappa shape index (κ3) is 0.934. The first-order valence-corrected chi connectivity index (χ1v) is 3.94. The van der Waals surface area contributed by atoms with Gasteiger partial charge in [-0.05, 0) is 37.8 Å². The zero-order valence-corrected chi connectivity index (χ0v) is 6.94. The van der Waals surface area contributed by atoms with Gasteiger partial charge in [-0.15, -0.1) is 0 Å². The summed E-state index contributed by atoms with van der Waals surface area (Å²) in [5, 5.41) is 0. The quantitative estimate of drug-likeness (QED) is 0.530. The molecule has 0 amide bonds. The van der Waals surface area contributed by atoms with Crippen LogP contribution in [0.15, 0.2) is 22.7 Å². The van der Waals surface area contributed by atoms with Crippen LogP contribution in [0.4, 0.5) is 0 Å². The summed E-state index contributed by atoms with van der Waals surface area (Å²) in [6.07, 6.45) is 2.24. The van der Waals surface area contributed by atoms with Crippen LogP contribution in [0.3, 0.4) is 0 Å². The summed E-state index contributed by atoms with van der Waals surface area (Å²) < 4.78 is 10.7. The second kappa shape index (κ2) is 2.29. The van der Waals surface area contributed by atoms with Gasteiger partial charge in [0.2, 0.25) is 6.79 Å². The number of ether oxygens (including phenoxy) is 2. The van der Waals surface area contributed by atoms with E-state index in [-0.39, 0.29) is 0 Å². The third-order valence-electron chi connectivity index (χ3n) is 2.26. The second-order valence-electron chi connectivity index (χ2n) is 3.13. The van der Waals surface area contributed by atoms with Crippen molar-refractivity contribution >= 4 is 0 Å². The van der Waals surface area contributed by atoms with E-state index >= 15 is 0 Å². The predicted molar refractivity (Wildman–Crippen MR) is 41.7 cm³/mol. The predicted octanol–water partition coefficient (Wildman–Crippen LogP) is 2.33. The summed E-state index contributed by atoms with van der Waals surface area (Å²) in [7, 11) is 0. The van der Waals surface area contributed by atoms with Crippen LogP contribution in [-0.2, 0) is 9.47 Å². The Bertz CT molecular complexity index is 222. The van der Waals surface area contributed by atoms with Gasteiger partial charge < -0.3 is 9.47 Å². The van der Waals surface area contributed by atoms with Crippen molar-refractivity contribution in [2.75, 3.05) is 6.79 Å². The standard InChI is InChI=1S/C9H12O2/c1-6-3-4-7(2)9-8(6)10-5-11-9/h3-5H2,1-2H3. The van der Waals surface area contributed by atoms with Crippen LogP contribution in [0.25, 0.3) is 0 Å². The lowest BCUT2D eigenvalue weighted by Gasteiger charge is -2.13. The maximum absolute atomic E-state index is 5.34. The summed E-state index contributed by atoms with van der Waals surface area (Å²) in [6.45, 7) is 4.62. The fourth-order valence-corrected chi connectivity index (χ4v) is 1.51. The summed E-state index contributed by atoms with van der Waals surface area (Å²) in [6, 6.07) is 0. The molecule has 0 unspecified atom stereocenters. The molecule has 0 spiro atoms. The van der Waals surface area contributed by atoms with Gasteiger partial charge in [-0.2, -0.15) is 0 Å². The smallest absolute Gasteiger partial charge is 0.231 e.